The molecule has 5 heterocycles. The zero-order chi connectivity index (χ0) is 22.5. The number of aryl methyl sites for hydroxylation is 3. The van der Waals surface area contributed by atoms with Crippen molar-refractivity contribution in [3.8, 4) is 0 Å². The Kier molecular flexibility index (Phi) is 5.73. The van der Waals surface area contributed by atoms with E-state index >= 15 is 0 Å². The van der Waals surface area contributed by atoms with Crippen LogP contribution in [0.5, 0.6) is 0 Å². The number of halogens is 1. The second-order valence-corrected chi connectivity index (χ2v) is 12.1. The van der Waals surface area contributed by atoms with Gasteiger partial charge in [-0.05, 0) is 38.0 Å². The fourth-order valence-electron chi connectivity index (χ4n) is 4.44. The normalized spacial score (nSPS) is 18.0. The van der Waals surface area contributed by atoms with Gasteiger partial charge in [-0.3, -0.25) is 4.79 Å². The predicted octanol–water partition coefficient (Wildman–Crippen LogP) is 3.33. The van der Waals surface area contributed by atoms with Crippen LogP contribution in [-0.2, 0) is 23.0 Å². The zero-order valence-corrected chi connectivity index (χ0v) is 20.1. The highest BCUT2D eigenvalue weighted by Crippen LogP contribution is 2.29. The molecule has 0 N–H and O–H groups in total. The molecule has 0 bridgehead atoms. The molecule has 0 saturated carbocycles. The summed E-state index contributed by atoms with van der Waals surface area (Å²) in [6.45, 7) is 3.91. The second-order valence-electron chi connectivity index (χ2n) is 8.23. The largest absolute Gasteiger partial charge is 0.336 e. The maximum absolute atomic E-state index is 13.4. The van der Waals surface area contributed by atoms with Gasteiger partial charge >= 0.3 is 0 Å². The molecular formula is C21H24ClN5O3S2. The Morgan fingerprint density at radius 1 is 1.06 bits per heavy atom. The number of piperazine rings is 1. The Bertz CT molecular complexity index is 1290. The van der Waals surface area contributed by atoms with Gasteiger partial charge in [-0.25, -0.2) is 18.4 Å². The highest BCUT2D eigenvalue weighted by molar-refractivity contribution is 7.91. The number of fused-ring (bicyclic) bond motifs is 3. The highest BCUT2D eigenvalue weighted by Gasteiger charge is 2.32. The van der Waals surface area contributed by atoms with Crippen LogP contribution in [0, 0.1) is 6.92 Å². The zero-order valence-electron chi connectivity index (χ0n) is 17.8. The molecule has 0 radical (unpaired) electrons. The lowest BCUT2D eigenvalue weighted by atomic mass is 10.1. The molecule has 3 aromatic heterocycles. The Hall–Kier alpha value is -2.01. The number of rotatable bonds is 3. The van der Waals surface area contributed by atoms with Crippen molar-refractivity contribution in [3.05, 3.63) is 39.6 Å². The molecule has 11 heteroatoms. The van der Waals surface area contributed by atoms with Crippen molar-refractivity contribution in [1.29, 1.82) is 0 Å². The SMILES string of the molecule is Cc1cc(C(=O)N2CCN(S(=O)(=O)c3ccc(Cl)s3)CC2)c2nc3n(c2n1)CCCCC3. The lowest BCUT2D eigenvalue weighted by Gasteiger charge is -2.33. The molecule has 0 aliphatic carbocycles. The summed E-state index contributed by atoms with van der Waals surface area (Å²) in [5.41, 5.74) is 2.76. The van der Waals surface area contributed by atoms with Gasteiger partial charge in [0.2, 0.25) is 0 Å². The maximum atomic E-state index is 13.4. The fourth-order valence-corrected chi connectivity index (χ4v) is 7.50. The third-order valence-electron chi connectivity index (χ3n) is 6.09. The molecule has 0 aromatic carbocycles. The first-order chi connectivity index (χ1) is 15.3. The average Bonchev–Trinajstić information content (AvgIpc) is 3.29. The molecule has 8 nitrogen and oxygen atoms in total. The molecule has 0 unspecified atom stereocenters. The van der Waals surface area contributed by atoms with Crippen LogP contribution in [0.15, 0.2) is 22.4 Å². The lowest BCUT2D eigenvalue weighted by molar-refractivity contribution is 0.0699. The summed E-state index contributed by atoms with van der Waals surface area (Å²) in [5.74, 6) is 0.875. The van der Waals surface area contributed by atoms with Crippen LogP contribution in [-0.4, -0.2) is 64.2 Å². The average molecular weight is 494 g/mol. The van der Waals surface area contributed by atoms with E-state index in [0.717, 1.165) is 54.3 Å². The van der Waals surface area contributed by atoms with Crippen molar-refractivity contribution in [2.45, 2.75) is 43.4 Å². The van der Waals surface area contributed by atoms with Crippen molar-refractivity contribution in [1.82, 2.24) is 23.7 Å². The van der Waals surface area contributed by atoms with Gasteiger partial charge < -0.3 is 9.47 Å². The lowest BCUT2D eigenvalue weighted by Crippen LogP contribution is -2.50. The third-order valence-corrected chi connectivity index (χ3v) is 9.69. The van der Waals surface area contributed by atoms with E-state index in [2.05, 4.69) is 4.57 Å². The van der Waals surface area contributed by atoms with E-state index in [1.807, 2.05) is 6.92 Å². The standard InChI is InChI=1S/C21H24ClN5O3S2/c1-14-13-15(19-20(23-14)27-8-4-2-3-5-17(27)24-19)21(28)25-9-11-26(12-10-25)32(29,30)18-7-6-16(22)31-18/h6-7,13H,2-5,8-12H2,1H3. The summed E-state index contributed by atoms with van der Waals surface area (Å²) in [6.07, 6.45) is 4.25. The second kappa shape index (κ2) is 8.40. The number of aromatic nitrogens is 3. The Morgan fingerprint density at radius 2 is 1.84 bits per heavy atom. The summed E-state index contributed by atoms with van der Waals surface area (Å²) in [4.78, 5) is 24.6. The van der Waals surface area contributed by atoms with Crippen molar-refractivity contribution in [2.75, 3.05) is 26.2 Å². The number of amides is 1. The smallest absolute Gasteiger partial charge is 0.256 e. The van der Waals surface area contributed by atoms with Gasteiger partial charge in [0.25, 0.3) is 15.9 Å². The van der Waals surface area contributed by atoms with Gasteiger partial charge in [-0.15, -0.1) is 11.3 Å². The van der Waals surface area contributed by atoms with E-state index in [0.29, 0.717) is 28.5 Å². The number of sulfonamides is 1. The number of pyridine rings is 1. The monoisotopic (exact) mass is 493 g/mol. The summed E-state index contributed by atoms with van der Waals surface area (Å²) < 4.78 is 30.0. The number of hydrogen-bond acceptors (Lipinski definition) is 6. The first-order valence-electron chi connectivity index (χ1n) is 10.8. The number of nitrogens with zero attached hydrogens (tertiary/aromatic N) is 5. The molecule has 0 spiro atoms. The minimum atomic E-state index is -3.60. The number of imidazole rings is 1. The van der Waals surface area contributed by atoms with Crippen LogP contribution in [0.4, 0.5) is 0 Å². The first-order valence-corrected chi connectivity index (χ1v) is 13.4. The molecular weight excluding hydrogens is 470 g/mol. The minimum absolute atomic E-state index is 0.120. The number of thiophene rings is 1. The van der Waals surface area contributed by atoms with E-state index in [1.165, 1.54) is 16.8 Å². The first kappa shape index (κ1) is 21.8. The Morgan fingerprint density at radius 3 is 2.56 bits per heavy atom. The quantitative estimate of drug-likeness (QED) is 0.558. The molecule has 0 atom stereocenters. The van der Waals surface area contributed by atoms with Crippen LogP contribution >= 0.6 is 22.9 Å². The molecule has 1 saturated heterocycles. The number of carbonyl (C=O) groups is 1. The topological polar surface area (TPSA) is 88.4 Å². The fraction of sp³-hybridized carbons (Fsp3) is 0.476. The van der Waals surface area contributed by atoms with Crippen LogP contribution < -0.4 is 0 Å². The van der Waals surface area contributed by atoms with Crippen LogP contribution in [0.25, 0.3) is 11.2 Å². The Balaban J connectivity index is 1.39. The van der Waals surface area contributed by atoms with Gasteiger partial charge in [-0.1, -0.05) is 18.0 Å². The number of hydrogen-bond donors (Lipinski definition) is 0. The van der Waals surface area contributed by atoms with Crippen molar-refractivity contribution >= 4 is 50.0 Å². The van der Waals surface area contributed by atoms with Crippen LogP contribution in [0.1, 0.15) is 41.1 Å². The van der Waals surface area contributed by atoms with Gasteiger partial charge in [-0.2, -0.15) is 4.31 Å². The molecule has 32 heavy (non-hydrogen) atoms. The molecule has 1 amide bonds. The van der Waals surface area contributed by atoms with Gasteiger partial charge in [0, 0.05) is 44.8 Å². The Labute approximate surface area is 195 Å². The molecule has 5 rings (SSSR count). The minimum Gasteiger partial charge on any atom is -0.336 e. The van der Waals surface area contributed by atoms with Crippen molar-refractivity contribution in [2.24, 2.45) is 0 Å². The molecule has 170 valence electrons. The molecule has 2 aliphatic heterocycles. The molecule has 1 fully saturated rings. The van der Waals surface area contributed by atoms with E-state index in [4.69, 9.17) is 21.6 Å². The van der Waals surface area contributed by atoms with Crippen LogP contribution in [0.2, 0.25) is 4.34 Å². The molecule has 2 aliphatic rings. The predicted molar refractivity (Wildman–Crippen MR) is 124 cm³/mol. The summed E-state index contributed by atoms with van der Waals surface area (Å²) in [7, 11) is -3.60. The highest BCUT2D eigenvalue weighted by atomic mass is 35.5. The van der Waals surface area contributed by atoms with Gasteiger partial charge in [0.15, 0.2) is 5.65 Å². The van der Waals surface area contributed by atoms with Gasteiger partial charge in [0.05, 0.1) is 9.90 Å². The van der Waals surface area contributed by atoms with Crippen molar-refractivity contribution in [3.63, 3.8) is 0 Å². The summed E-state index contributed by atoms with van der Waals surface area (Å²) >= 11 is 6.96. The van der Waals surface area contributed by atoms with Gasteiger partial charge in [0.1, 0.15) is 15.6 Å². The van der Waals surface area contributed by atoms with E-state index in [1.54, 1.807) is 17.0 Å². The molecule has 3 aromatic rings. The third kappa shape index (κ3) is 3.83. The van der Waals surface area contributed by atoms with E-state index < -0.39 is 10.0 Å². The summed E-state index contributed by atoms with van der Waals surface area (Å²) in [5, 5.41) is 0. The number of carbonyl (C=O) groups excluding carboxylic acids is 1. The van der Waals surface area contributed by atoms with Crippen LogP contribution in [0.3, 0.4) is 0 Å². The van der Waals surface area contributed by atoms with Crippen molar-refractivity contribution < 1.29 is 13.2 Å². The summed E-state index contributed by atoms with van der Waals surface area (Å²) in [6, 6.07) is 4.91. The van der Waals surface area contributed by atoms with E-state index in [9.17, 15) is 13.2 Å². The maximum Gasteiger partial charge on any atom is 0.256 e. The van der Waals surface area contributed by atoms with E-state index in [-0.39, 0.29) is 23.2 Å².